The van der Waals surface area contributed by atoms with Crippen LogP contribution in [0.2, 0.25) is 0 Å². The predicted molar refractivity (Wildman–Crippen MR) is 108 cm³/mol. The van der Waals surface area contributed by atoms with Gasteiger partial charge in [-0.05, 0) is 24.3 Å². The molecule has 3 rings (SSSR count). The van der Waals surface area contributed by atoms with Crippen molar-refractivity contribution >= 4 is 29.1 Å². The molecule has 0 fully saturated rings. The summed E-state index contributed by atoms with van der Waals surface area (Å²) >= 11 is 0. The molecule has 2 amide bonds. The first-order valence-electron chi connectivity index (χ1n) is 8.62. The summed E-state index contributed by atoms with van der Waals surface area (Å²) in [5, 5.41) is 0. The molecule has 2 aromatic carbocycles. The second kappa shape index (κ2) is 9.19. The molecule has 1 heterocycles. The molecule has 30 heavy (non-hydrogen) atoms. The number of anilines is 3. The highest BCUT2D eigenvalue weighted by Gasteiger charge is 2.15. The van der Waals surface area contributed by atoms with Gasteiger partial charge in [-0.15, -0.1) is 0 Å². The van der Waals surface area contributed by atoms with E-state index < -0.39 is 17.6 Å². The van der Waals surface area contributed by atoms with Crippen molar-refractivity contribution in [3.8, 4) is 5.75 Å². The minimum Gasteiger partial charge on any atom is -0.496 e. The number of rotatable bonds is 7. The number of amides is 2. The van der Waals surface area contributed by atoms with Gasteiger partial charge in [-0.2, -0.15) is 0 Å². The van der Waals surface area contributed by atoms with Crippen molar-refractivity contribution in [2.24, 2.45) is 0 Å². The van der Waals surface area contributed by atoms with Crippen LogP contribution >= 0.6 is 0 Å². The summed E-state index contributed by atoms with van der Waals surface area (Å²) in [7, 11) is 1.45. The largest absolute Gasteiger partial charge is 0.496 e. The second-order valence-electron chi connectivity index (χ2n) is 5.82. The van der Waals surface area contributed by atoms with E-state index in [0.717, 1.165) is 6.33 Å². The number of hydrogen-bond acceptors (Lipinski definition) is 8. The third-order valence-corrected chi connectivity index (χ3v) is 3.94. The zero-order chi connectivity index (χ0) is 21.5. The highest BCUT2D eigenvalue weighted by atomic mass is 19.1. The molecule has 10 nitrogen and oxygen atoms in total. The third-order valence-electron chi connectivity index (χ3n) is 3.94. The van der Waals surface area contributed by atoms with Crippen molar-refractivity contribution in [1.29, 1.82) is 0 Å². The fraction of sp³-hybridized carbons (Fsp3) is 0.0526. The molecule has 6 N–H and O–H groups in total. The number of methoxy groups -OCH3 is 1. The molecule has 0 bridgehead atoms. The summed E-state index contributed by atoms with van der Waals surface area (Å²) in [6.07, 6.45) is 1.16. The van der Waals surface area contributed by atoms with E-state index in [1.54, 1.807) is 24.3 Å². The van der Waals surface area contributed by atoms with Crippen molar-refractivity contribution in [2.75, 3.05) is 23.7 Å². The normalized spacial score (nSPS) is 10.1. The maximum absolute atomic E-state index is 13.7. The van der Waals surface area contributed by atoms with E-state index in [9.17, 15) is 14.0 Å². The standard InChI is InChI=1S/C19H18FN7O3/c1-30-14-9-5-3-7-12(14)19(29)27-25-17-15(21)16(22-10-23-17)24-26-18(28)11-6-2-4-8-13(11)20/h2-10H,21H2,1H3,(H,26,28)(H,27,29)(H2,22,23,24,25). The number of aromatic nitrogens is 2. The number of nitrogens with one attached hydrogen (secondary N) is 4. The number of benzene rings is 2. The number of para-hydroxylation sites is 1. The molecule has 0 aliphatic heterocycles. The van der Waals surface area contributed by atoms with Gasteiger partial charge in [0.1, 0.15) is 23.6 Å². The van der Waals surface area contributed by atoms with E-state index in [0.29, 0.717) is 11.3 Å². The summed E-state index contributed by atoms with van der Waals surface area (Å²) in [5.41, 5.74) is 16.0. The van der Waals surface area contributed by atoms with E-state index in [-0.39, 0.29) is 22.9 Å². The molecule has 0 unspecified atom stereocenters. The monoisotopic (exact) mass is 411 g/mol. The van der Waals surface area contributed by atoms with E-state index >= 15 is 0 Å². The van der Waals surface area contributed by atoms with Gasteiger partial charge in [-0.25, -0.2) is 14.4 Å². The number of hydrazine groups is 2. The molecule has 0 aliphatic rings. The van der Waals surface area contributed by atoms with E-state index in [4.69, 9.17) is 10.5 Å². The Hall–Kier alpha value is -4.41. The number of nitrogens with two attached hydrogens (primary N) is 1. The van der Waals surface area contributed by atoms with Gasteiger partial charge >= 0.3 is 0 Å². The van der Waals surface area contributed by atoms with Gasteiger partial charge < -0.3 is 10.5 Å². The molecule has 0 atom stereocenters. The molecule has 0 radical (unpaired) electrons. The SMILES string of the molecule is COc1ccccc1C(=O)NNc1ncnc(NNC(=O)c2ccccc2F)c1N. The molecule has 0 saturated heterocycles. The summed E-state index contributed by atoms with van der Waals surface area (Å²) in [4.78, 5) is 32.3. The molecule has 0 saturated carbocycles. The number of hydrogen-bond donors (Lipinski definition) is 5. The predicted octanol–water partition coefficient (Wildman–Crippen LogP) is 1.72. The Bertz CT molecular complexity index is 1080. The molecule has 0 spiro atoms. The minimum atomic E-state index is -0.718. The van der Waals surface area contributed by atoms with E-state index in [1.165, 1.54) is 31.4 Å². The molecule has 3 aromatic rings. The van der Waals surface area contributed by atoms with Gasteiger partial charge in [0.2, 0.25) is 0 Å². The number of carbonyl (C=O) groups is 2. The van der Waals surface area contributed by atoms with Crippen molar-refractivity contribution in [1.82, 2.24) is 20.8 Å². The minimum absolute atomic E-state index is 0.00617. The molecule has 154 valence electrons. The highest BCUT2D eigenvalue weighted by Crippen LogP contribution is 2.22. The Kier molecular flexibility index (Phi) is 6.23. The fourth-order valence-electron chi connectivity index (χ4n) is 2.44. The lowest BCUT2D eigenvalue weighted by Crippen LogP contribution is -2.32. The van der Waals surface area contributed by atoms with E-state index in [1.807, 2.05) is 0 Å². The number of nitrogens with zero attached hydrogens (tertiary/aromatic N) is 2. The van der Waals surface area contributed by atoms with Gasteiger partial charge in [-0.1, -0.05) is 24.3 Å². The maximum atomic E-state index is 13.7. The quantitative estimate of drug-likeness (QED) is 0.370. The van der Waals surface area contributed by atoms with Crippen LogP contribution in [0.1, 0.15) is 20.7 Å². The smallest absolute Gasteiger partial charge is 0.273 e. The Labute approximate surface area is 170 Å². The Morgan fingerprint density at radius 3 is 2.03 bits per heavy atom. The second-order valence-corrected chi connectivity index (χ2v) is 5.82. The van der Waals surface area contributed by atoms with Crippen molar-refractivity contribution in [3.63, 3.8) is 0 Å². The first kappa shape index (κ1) is 20.3. The summed E-state index contributed by atoms with van der Waals surface area (Å²) < 4.78 is 18.8. The number of halogens is 1. The number of ether oxygens (including phenoxy) is 1. The van der Waals surface area contributed by atoms with Crippen molar-refractivity contribution in [2.45, 2.75) is 0 Å². The molecule has 1 aromatic heterocycles. The molecule has 11 heteroatoms. The third kappa shape index (κ3) is 4.52. The lowest BCUT2D eigenvalue weighted by molar-refractivity contribution is 0.0951. The summed E-state index contributed by atoms with van der Waals surface area (Å²) in [6, 6.07) is 12.2. The van der Waals surface area contributed by atoms with Gasteiger partial charge in [0.05, 0.1) is 18.2 Å². The lowest BCUT2D eigenvalue weighted by atomic mass is 10.2. The number of nitrogen functional groups attached to an aromatic ring is 1. The Morgan fingerprint density at radius 2 is 1.43 bits per heavy atom. The van der Waals surface area contributed by atoms with Crippen molar-refractivity contribution in [3.05, 3.63) is 71.8 Å². The zero-order valence-electron chi connectivity index (χ0n) is 15.8. The van der Waals surface area contributed by atoms with Crippen LogP contribution in [-0.4, -0.2) is 28.9 Å². The summed E-state index contributed by atoms with van der Waals surface area (Å²) in [5.74, 6) is -1.35. The highest BCUT2D eigenvalue weighted by molar-refractivity contribution is 5.98. The average Bonchev–Trinajstić information content (AvgIpc) is 2.77. The topological polar surface area (TPSA) is 143 Å². The van der Waals surface area contributed by atoms with Crippen molar-refractivity contribution < 1.29 is 18.7 Å². The maximum Gasteiger partial charge on any atom is 0.273 e. The van der Waals surface area contributed by atoms with Crippen LogP contribution in [0, 0.1) is 5.82 Å². The van der Waals surface area contributed by atoms with Crippen LogP contribution in [-0.2, 0) is 0 Å². The van der Waals surface area contributed by atoms with Gasteiger partial charge in [0, 0.05) is 0 Å². The van der Waals surface area contributed by atoms with Crippen LogP contribution in [0.25, 0.3) is 0 Å². The van der Waals surface area contributed by atoms with Crippen LogP contribution in [0.3, 0.4) is 0 Å². The van der Waals surface area contributed by atoms with Crippen LogP contribution < -0.4 is 32.2 Å². The fourth-order valence-corrected chi connectivity index (χ4v) is 2.44. The van der Waals surface area contributed by atoms with Crippen LogP contribution in [0.4, 0.5) is 21.7 Å². The van der Waals surface area contributed by atoms with Crippen LogP contribution in [0.15, 0.2) is 54.9 Å². The number of carbonyl (C=O) groups excluding carboxylic acids is 2. The van der Waals surface area contributed by atoms with Gasteiger partial charge in [0.15, 0.2) is 11.6 Å². The summed E-state index contributed by atoms with van der Waals surface area (Å²) in [6.45, 7) is 0. The van der Waals surface area contributed by atoms with Gasteiger partial charge in [-0.3, -0.25) is 31.3 Å². The molecular formula is C19H18FN7O3. The Balaban J connectivity index is 1.65. The van der Waals surface area contributed by atoms with E-state index in [2.05, 4.69) is 31.7 Å². The first-order valence-corrected chi connectivity index (χ1v) is 8.62. The van der Waals surface area contributed by atoms with Crippen LogP contribution in [0.5, 0.6) is 5.75 Å². The molecular weight excluding hydrogens is 393 g/mol. The molecule has 0 aliphatic carbocycles. The zero-order valence-corrected chi connectivity index (χ0v) is 15.8. The Morgan fingerprint density at radius 1 is 0.900 bits per heavy atom. The van der Waals surface area contributed by atoms with Gasteiger partial charge in [0.25, 0.3) is 11.8 Å². The lowest BCUT2D eigenvalue weighted by Gasteiger charge is -2.14. The first-order chi connectivity index (χ1) is 14.5. The average molecular weight is 411 g/mol.